The molecule has 1 aliphatic heterocycles. The predicted octanol–water partition coefficient (Wildman–Crippen LogP) is 1.62. The average Bonchev–Trinajstić information content (AvgIpc) is 3.48. The molecule has 10 heteroatoms. The summed E-state index contributed by atoms with van der Waals surface area (Å²) in [6.45, 7) is 2.72. The molecule has 0 amide bonds. The maximum atomic E-state index is 13.6. The van der Waals surface area contributed by atoms with Crippen LogP contribution in [0.2, 0.25) is 0 Å². The summed E-state index contributed by atoms with van der Waals surface area (Å²) >= 11 is 5.98. The van der Waals surface area contributed by atoms with Gasteiger partial charge in [0.15, 0.2) is 0 Å². The van der Waals surface area contributed by atoms with Gasteiger partial charge in [0.05, 0.1) is 17.3 Å². The van der Waals surface area contributed by atoms with Crippen molar-refractivity contribution in [1.82, 2.24) is 14.9 Å². The number of fused-ring (bicyclic) bond motifs is 1. The number of ether oxygens (including phenoxy) is 1. The number of alkyl halides is 2. The highest BCUT2D eigenvalue weighted by atomic mass is 35.5. The average molecular weight is 476 g/mol. The molecule has 2 heterocycles. The molecule has 2 fully saturated rings. The van der Waals surface area contributed by atoms with Crippen molar-refractivity contribution in [2.24, 2.45) is 11.3 Å². The van der Waals surface area contributed by atoms with Crippen molar-refractivity contribution in [3.8, 4) is 0 Å². The number of nitrogens with one attached hydrogen (secondary N) is 1. The van der Waals surface area contributed by atoms with Crippen LogP contribution in [-0.2, 0) is 4.74 Å². The molecule has 1 aromatic heterocycles. The van der Waals surface area contributed by atoms with Gasteiger partial charge in [0.25, 0.3) is 6.04 Å². The number of hydrogen-bond acceptors (Lipinski definition) is 7. The number of likely N-dealkylation sites (tertiary alicyclic amines) is 1. The number of rotatable bonds is 6. The smallest absolute Gasteiger partial charge is 0.261 e. The first-order chi connectivity index (χ1) is 15.8. The van der Waals surface area contributed by atoms with E-state index in [9.17, 15) is 14.5 Å². The Balaban J connectivity index is 1.34. The van der Waals surface area contributed by atoms with E-state index in [1.807, 2.05) is 0 Å². The third kappa shape index (κ3) is 4.54. The van der Waals surface area contributed by atoms with Crippen LogP contribution in [0.3, 0.4) is 0 Å². The van der Waals surface area contributed by atoms with Crippen LogP contribution in [0.15, 0.2) is 30.3 Å². The lowest BCUT2D eigenvalue weighted by Crippen LogP contribution is -2.45. The van der Waals surface area contributed by atoms with Crippen LogP contribution >= 0.6 is 11.6 Å². The number of nitrogens with zero attached hydrogens (tertiary/aromatic N) is 4. The van der Waals surface area contributed by atoms with Crippen LogP contribution in [-0.4, -0.2) is 70.2 Å². The van der Waals surface area contributed by atoms with Crippen molar-refractivity contribution in [3.05, 3.63) is 50.9 Å². The maximum absolute atomic E-state index is 13.6. The minimum atomic E-state index is -1.26. The van der Waals surface area contributed by atoms with Gasteiger partial charge >= 0.3 is 0 Å². The summed E-state index contributed by atoms with van der Waals surface area (Å²) in [5.41, 5.74) is 0.929. The Kier molecular flexibility index (Phi) is 5.96. The summed E-state index contributed by atoms with van der Waals surface area (Å²) in [4.78, 5) is 22.4. The summed E-state index contributed by atoms with van der Waals surface area (Å²) in [5.74, 6) is 0.870. The molecule has 0 aromatic carbocycles. The highest BCUT2D eigenvalue weighted by Crippen LogP contribution is 2.59. The summed E-state index contributed by atoms with van der Waals surface area (Å²) in [6.07, 6.45) is 10.7. The largest absolute Gasteiger partial charge is 0.366 e. The predicted molar refractivity (Wildman–Crippen MR) is 123 cm³/mol. The van der Waals surface area contributed by atoms with Crippen molar-refractivity contribution in [2.75, 3.05) is 32.1 Å². The van der Waals surface area contributed by atoms with Crippen LogP contribution < -0.4 is 15.9 Å². The van der Waals surface area contributed by atoms with Crippen LogP contribution in [0.1, 0.15) is 19.3 Å². The van der Waals surface area contributed by atoms with Gasteiger partial charge in [-0.25, -0.2) is 14.4 Å². The maximum Gasteiger partial charge on any atom is 0.261 e. The first-order valence-corrected chi connectivity index (χ1v) is 11.7. The summed E-state index contributed by atoms with van der Waals surface area (Å²) < 4.78 is 19.7. The Labute approximate surface area is 196 Å². The molecule has 8 nitrogen and oxygen atoms in total. The van der Waals surface area contributed by atoms with E-state index < -0.39 is 23.7 Å². The quantitative estimate of drug-likeness (QED) is 0.379. The second-order valence-electron chi connectivity index (χ2n) is 9.49. The molecule has 1 N–H and O–H groups in total. The Morgan fingerprint density at radius 2 is 2.12 bits per heavy atom. The summed E-state index contributed by atoms with van der Waals surface area (Å²) in [5, 5.41) is 15.3. The van der Waals surface area contributed by atoms with Gasteiger partial charge in [0.1, 0.15) is 24.4 Å². The Hall–Kier alpha value is -2.36. The van der Waals surface area contributed by atoms with Gasteiger partial charge in [-0.15, -0.1) is 11.6 Å². The standard InChI is InChI=1S/C23H27ClFN5O3/c1-29-6-4-23(5-7-29)11-14(23)12-33-21-10-19-16(9-20(21)30(31)32)22(27-13-26-19)28-15-2-3-18(25)17(24)8-15/h2-3,8-10,13-14,17-18,20-21H,4-7,11-12H2,1H3,(H,26,27,28). The number of nitro groups is 1. The molecule has 33 heavy (non-hydrogen) atoms. The Morgan fingerprint density at radius 3 is 2.85 bits per heavy atom. The number of aromatic nitrogens is 2. The molecule has 1 spiro atoms. The van der Waals surface area contributed by atoms with Gasteiger partial charge in [-0.3, -0.25) is 10.1 Å². The SMILES string of the molecule is CN1CCC2(CC1)CC2COC1C=c2ncnc(NC3=CC(Cl)C(F)C=C3)c2=CC1[N+](=O)[O-]. The van der Waals surface area contributed by atoms with Gasteiger partial charge in [-0.05, 0) is 75.0 Å². The molecule has 0 bridgehead atoms. The zero-order chi connectivity index (χ0) is 23.2. The fraction of sp³-hybridized carbons (Fsp3) is 0.565. The lowest BCUT2D eigenvalue weighted by Gasteiger charge is -2.30. The molecule has 176 valence electrons. The lowest BCUT2D eigenvalue weighted by molar-refractivity contribution is -0.513. The normalized spacial score (nSPS) is 32.3. The molecule has 5 rings (SSSR count). The Morgan fingerprint density at radius 1 is 1.33 bits per heavy atom. The van der Waals surface area contributed by atoms with Crippen LogP contribution in [0.4, 0.5) is 10.2 Å². The van der Waals surface area contributed by atoms with Gasteiger partial charge in [-0.2, -0.15) is 0 Å². The van der Waals surface area contributed by atoms with Gasteiger partial charge in [0, 0.05) is 21.9 Å². The topological polar surface area (TPSA) is 93.4 Å². The minimum absolute atomic E-state index is 0.332. The first kappa shape index (κ1) is 22.4. The number of allylic oxidation sites excluding steroid dienone is 3. The molecule has 4 aliphatic rings. The molecular formula is C23H27ClFN5O3. The van der Waals surface area contributed by atoms with Crippen molar-refractivity contribution >= 4 is 29.6 Å². The molecular weight excluding hydrogens is 449 g/mol. The zero-order valence-corrected chi connectivity index (χ0v) is 19.1. The second-order valence-corrected chi connectivity index (χ2v) is 9.99. The molecule has 0 radical (unpaired) electrons. The van der Waals surface area contributed by atoms with Crippen LogP contribution in [0.5, 0.6) is 0 Å². The van der Waals surface area contributed by atoms with E-state index in [1.54, 1.807) is 24.3 Å². The van der Waals surface area contributed by atoms with E-state index in [1.165, 1.54) is 25.2 Å². The summed E-state index contributed by atoms with van der Waals surface area (Å²) in [6, 6.07) is -1.04. The molecule has 5 unspecified atom stereocenters. The highest BCUT2D eigenvalue weighted by Gasteiger charge is 2.54. The molecule has 1 saturated heterocycles. The van der Waals surface area contributed by atoms with E-state index in [0.29, 0.717) is 40.0 Å². The number of halogens is 2. The second kappa shape index (κ2) is 8.77. The van der Waals surface area contributed by atoms with Gasteiger partial charge in [0.2, 0.25) is 0 Å². The fourth-order valence-corrected chi connectivity index (χ4v) is 5.28. The molecule has 1 saturated carbocycles. The highest BCUT2D eigenvalue weighted by molar-refractivity contribution is 6.22. The van der Waals surface area contributed by atoms with Crippen molar-refractivity contribution in [2.45, 2.75) is 43.0 Å². The lowest BCUT2D eigenvalue weighted by atomic mass is 9.91. The van der Waals surface area contributed by atoms with Gasteiger partial charge in [-0.1, -0.05) is 0 Å². The zero-order valence-electron chi connectivity index (χ0n) is 18.4. The van der Waals surface area contributed by atoms with E-state index in [0.717, 1.165) is 19.5 Å². The van der Waals surface area contributed by atoms with Crippen LogP contribution in [0, 0.1) is 21.4 Å². The number of piperidine rings is 1. The molecule has 5 atom stereocenters. The van der Waals surface area contributed by atoms with E-state index in [2.05, 4.69) is 27.2 Å². The van der Waals surface area contributed by atoms with E-state index >= 15 is 0 Å². The Bertz CT molecular complexity index is 1120. The third-order valence-corrected chi connectivity index (χ3v) is 7.72. The van der Waals surface area contributed by atoms with Crippen molar-refractivity contribution < 1.29 is 14.1 Å². The van der Waals surface area contributed by atoms with Crippen molar-refractivity contribution in [1.29, 1.82) is 0 Å². The van der Waals surface area contributed by atoms with Crippen molar-refractivity contribution in [3.63, 3.8) is 0 Å². The third-order valence-electron chi connectivity index (χ3n) is 7.35. The van der Waals surface area contributed by atoms with Crippen LogP contribution in [0.25, 0.3) is 12.2 Å². The van der Waals surface area contributed by atoms with Gasteiger partial charge < -0.3 is 15.0 Å². The fourth-order valence-electron chi connectivity index (χ4n) is 5.07. The first-order valence-electron chi connectivity index (χ1n) is 11.3. The summed E-state index contributed by atoms with van der Waals surface area (Å²) in [7, 11) is 2.14. The van der Waals surface area contributed by atoms with E-state index in [4.69, 9.17) is 16.3 Å². The molecule has 1 aromatic rings. The number of hydrogen-bond donors (Lipinski definition) is 1. The molecule has 3 aliphatic carbocycles. The number of anilines is 1. The monoisotopic (exact) mass is 475 g/mol. The minimum Gasteiger partial charge on any atom is -0.366 e. The van der Waals surface area contributed by atoms with E-state index in [-0.39, 0.29) is 4.92 Å².